The van der Waals surface area contributed by atoms with Gasteiger partial charge in [-0.2, -0.15) is 0 Å². The first-order valence-electron chi connectivity index (χ1n) is 10.6. The predicted molar refractivity (Wildman–Crippen MR) is 118 cm³/mol. The van der Waals surface area contributed by atoms with Crippen molar-refractivity contribution in [3.8, 4) is 11.5 Å². The van der Waals surface area contributed by atoms with Crippen molar-refractivity contribution in [3.05, 3.63) is 35.4 Å². The lowest BCUT2D eigenvalue weighted by molar-refractivity contribution is 0.0458. The molecule has 2 aromatic carbocycles. The molecule has 3 nitrogen and oxygen atoms in total. The topological polar surface area (TPSA) is 49.7 Å². The summed E-state index contributed by atoms with van der Waals surface area (Å²) in [6.07, 6.45) is 3.69. The van der Waals surface area contributed by atoms with E-state index in [1.54, 1.807) is 6.07 Å². The fraction of sp³-hybridized carbons (Fsp3) is 0.583. The molecule has 0 heterocycles. The zero-order chi connectivity index (χ0) is 20.5. The second-order valence-electron chi connectivity index (χ2n) is 10.7. The Morgan fingerprint density at radius 2 is 1.82 bits per heavy atom. The molecule has 2 aliphatic rings. The highest BCUT2D eigenvalue weighted by Crippen LogP contribution is 2.57. The van der Waals surface area contributed by atoms with Crippen molar-refractivity contribution in [3.63, 3.8) is 0 Å². The van der Waals surface area contributed by atoms with Gasteiger partial charge in [0.25, 0.3) is 8.32 Å². The van der Waals surface area contributed by atoms with E-state index in [1.165, 1.54) is 16.5 Å². The van der Waals surface area contributed by atoms with E-state index in [1.807, 2.05) is 6.07 Å². The molecule has 2 aliphatic carbocycles. The first-order chi connectivity index (χ1) is 12.9. The molecule has 0 aromatic heterocycles. The third kappa shape index (κ3) is 2.88. The average molecular weight is 399 g/mol. The molecule has 3 atom stereocenters. The number of aryl methyl sites for hydroxylation is 1. The van der Waals surface area contributed by atoms with Gasteiger partial charge in [0.2, 0.25) is 0 Å². The first kappa shape index (κ1) is 19.8. The predicted octanol–water partition coefficient (Wildman–Crippen LogP) is 6.12. The highest BCUT2D eigenvalue weighted by Gasteiger charge is 2.49. The maximum absolute atomic E-state index is 10.7. The van der Waals surface area contributed by atoms with Crippen molar-refractivity contribution in [2.75, 3.05) is 0 Å². The number of hydrogen-bond donors (Lipinski definition) is 2. The van der Waals surface area contributed by atoms with Gasteiger partial charge in [-0.3, -0.25) is 0 Å². The van der Waals surface area contributed by atoms with E-state index in [0.29, 0.717) is 5.92 Å². The molecule has 28 heavy (non-hydrogen) atoms. The average Bonchev–Trinajstić information content (AvgIpc) is 2.89. The molecular formula is C24H34O3Si. The second kappa shape index (κ2) is 6.24. The summed E-state index contributed by atoms with van der Waals surface area (Å²) in [5, 5.41) is 23.2. The monoisotopic (exact) mass is 398 g/mol. The SMILES string of the molecule is CC12CCc3c(cc(O[Si](C)(C)C(C)(C)C)c4cc(O)ccc34)C1CC[C@@H]2O. The Hall–Kier alpha value is -1.52. The minimum atomic E-state index is -2.02. The zero-order valence-corrected chi connectivity index (χ0v) is 19.1. The van der Waals surface area contributed by atoms with E-state index < -0.39 is 8.32 Å². The van der Waals surface area contributed by atoms with Crippen LogP contribution in [0.15, 0.2) is 24.3 Å². The maximum atomic E-state index is 10.7. The van der Waals surface area contributed by atoms with Gasteiger partial charge in [0.05, 0.1) is 6.10 Å². The van der Waals surface area contributed by atoms with Crippen molar-refractivity contribution in [1.82, 2.24) is 0 Å². The molecule has 2 aromatic rings. The largest absolute Gasteiger partial charge is 0.543 e. The fourth-order valence-electron chi connectivity index (χ4n) is 5.03. The van der Waals surface area contributed by atoms with Crippen molar-refractivity contribution in [2.24, 2.45) is 5.41 Å². The Bertz CT molecular complexity index is 928. The van der Waals surface area contributed by atoms with Crippen molar-refractivity contribution in [2.45, 2.75) is 83.5 Å². The number of aromatic hydroxyl groups is 1. The minimum Gasteiger partial charge on any atom is -0.543 e. The smallest absolute Gasteiger partial charge is 0.250 e. The molecule has 0 saturated heterocycles. The summed E-state index contributed by atoms with van der Waals surface area (Å²) in [5.41, 5.74) is 2.71. The first-order valence-corrected chi connectivity index (χ1v) is 13.5. The lowest BCUT2D eigenvalue weighted by Gasteiger charge is -2.41. The molecule has 1 saturated carbocycles. The molecular weight excluding hydrogens is 364 g/mol. The Morgan fingerprint density at radius 3 is 2.50 bits per heavy atom. The summed E-state index contributed by atoms with van der Waals surface area (Å²) in [7, 11) is -2.02. The molecule has 0 radical (unpaired) electrons. The van der Waals surface area contributed by atoms with Crippen LogP contribution in [0.25, 0.3) is 10.8 Å². The van der Waals surface area contributed by atoms with Crippen molar-refractivity contribution < 1.29 is 14.6 Å². The summed E-state index contributed by atoms with van der Waals surface area (Å²) < 4.78 is 6.77. The van der Waals surface area contributed by atoms with Gasteiger partial charge >= 0.3 is 0 Å². The molecule has 2 unspecified atom stereocenters. The van der Waals surface area contributed by atoms with E-state index in [2.05, 4.69) is 52.9 Å². The van der Waals surface area contributed by atoms with Crippen LogP contribution in [0.5, 0.6) is 11.5 Å². The van der Waals surface area contributed by atoms with Crippen LogP contribution in [0, 0.1) is 5.41 Å². The summed E-state index contributed by atoms with van der Waals surface area (Å²) in [6, 6.07) is 7.94. The summed E-state index contributed by atoms with van der Waals surface area (Å²) in [4.78, 5) is 0. The molecule has 4 heteroatoms. The van der Waals surface area contributed by atoms with E-state index in [9.17, 15) is 10.2 Å². The van der Waals surface area contributed by atoms with Crippen LogP contribution in [0.2, 0.25) is 18.1 Å². The third-order valence-corrected chi connectivity index (χ3v) is 12.3. The molecule has 0 aliphatic heterocycles. The summed E-state index contributed by atoms with van der Waals surface area (Å²) >= 11 is 0. The van der Waals surface area contributed by atoms with Gasteiger partial charge in [0, 0.05) is 10.8 Å². The van der Waals surface area contributed by atoms with Crippen LogP contribution in [-0.4, -0.2) is 24.6 Å². The Labute approximate surface area is 169 Å². The normalized spacial score (nSPS) is 27.5. The molecule has 4 rings (SSSR count). The van der Waals surface area contributed by atoms with Crippen LogP contribution in [0.4, 0.5) is 0 Å². The number of phenolic OH excluding ortho intramolecular Hbond substituents is 1. The second-order valence-corrected chi connectivity index (χ2v) is 15.4. The quantitative estimate of drug-likeness (QED) is 0.599. The van der Waals surface area contributed by atoms with Gasteiger partial charge in [-0.15, -0.1) is 0 Å². The number of aliphatic hydroxyl groups excluding tert-OH is 1. The Balaban J connectivity index is 1.92. The number of aliphatic hydroxyl groups is 1. The van der Waals surface area contributed by atoms with Crippen molar-refractivity contribution >= 4 is 19.1 Å². The molecule has 0 spiro atoms. The summed E-state index contributed by atoms with van der Waals surface area (Å²) in [5.74, 6) is 1.57. The fourth-order valence-corrected chi connectivity index (χ4v) is 6.05. The van der Waals surface area contributed by atoms with Gasteiger partial charge in [-0.25, -0.2) is 0 Å². The van der Waals surface area contributed by atoms with Gasteiger partial charge in [0.15, 0.2) is 0 Å². The lowest BCUT2D eigenvalue weighted by Crippen LogP contribution is -2.44. The molecule has 0 bridgehead atoms. The van der Waals surface area contributed by atoms with Gasteiger partial charge in [-0.05, 0) is 84.4 Å². The zero-order valence-electron chi connectivity index (χ0n) is 18.1. The van der Waals surface area contributed by atoms with Gasteiger partial charge in [0.1, 0.15) is 11.5 Å². The van der Waals surface area contributed by atoms with Gasteiger partial charge in [-0.1, -0.05) is 33.8 Å². The van der Waals surface area contributed by atoms with E-state index in [-0.39, 0.29) is 22.3 Å². The number of fused-ring (bicyclic) bond motifs is 5. The third-order valence-electron chi connectivity index (χ3n) is 7.98. The standard InChI is InChI=1S/C24H34O3Si/c1-23(2,3)28(5,6)27-21-14-18-17(16-8-7-15(25)13-19(16)21)11-12-24(4)20(18)9-10-22(24)26/h7-8,13-14,20,22,25-26H,9-12H2,1-6H3/t20?,22-,24?/m0/s1. The number of benzene rings is 2. The highest BCUT2D eigenvalue weighted by molar-refractivity contribution is 6.74. The van der Waals surface area contributed by atoms with Crippen LogP contribution >= 0.6 is 0 Å². The number of hydrogen-bond acceptors (Lipinski definition) is 3. The molecule has 2 N–H and O–H groups in total. The maximum Gasteiger partial charge on any atom is 0.250 e. The molecule has 1 fully saturated rings. The molecule has 0 amide bonds. The van der Waals surface area contributed by atoms with Crippen LogP contribution in [0.3, 0.4) is 0 Å². The van der Waals surface area contributed by atoms with Crippen LogP contribution in [0.1, 0.15) is 64.0 Å². The summed E-state index contributed by atoms with van der Waals surface area (Å²) in [6.45, 7) is 13.5. The van der Waals surface area contributed by atoms with Gasteiger partial charge < -0.3 is 14.6 Å². The van der Waals surface area contributed by atoms with Crippen LogP contribution in [-0.2, 0) is 6.42 Å². The molecule has 152 valence electrons. The van der Waals surface area contributed by atoms with E-state index in [4.69, 9.17) is 4.43 Å². The Morgan fingerprint density at radius 1 is 1.11 bits per heavy atom. The van der Waals surface area contributed by atoms with Crippen molar-refractivity contribution in [1.29, 1.82) is 0 Å². The number of rotatable bonds is 2. The minimum absolute atomic E-state index is 0.0359. The van der Waals surface area contributed by atoms with E-state index in [0.717, 1.165) is 36.8 Å². The van der Waals surface area contributed by atoms with Crippen LogP contribution < -0.4 is 4.43 Å². The number of phenols is 1. The Kier molecular flexibility index (Phi) is 4.40. The lowest BCUT2D eigenvalue weighted by atomic mass is 9.65. The van der Waals surface area contributed by atoms with E-state index >= 15 is 0 Å². The highest BCUT2D eigenvalue weighted by atomic mass is 28.4.